The Labute approximate surface area is 210 Å². The van der Waals surface area contributed by atoms with Crippen molar-refractivity contribution in [2.24, 2.45) is 28.9 Å². The Balaban J connectivity index is 1.49. The first kappa shape index (κ1) is 25.5. The number of anilines is 1. The highest BCUT2D eigenvalue weighted by molar-refractivity contribution is 7.80. The molecule has 0 aromatic heterocycles. The summed E-state index contributed by atoms with van der Waals surface area (Å²) in [6.07, 6.45) is 0.968. The maximum absolute atomic E-state index is 14.0. The summed E-state index contributed by atoms with van der Waals surface area (Å²) in [7, 11) is 0. The minimum absolute atomic E-state index is 0.0435. The summed E-state index contributed by atoms with van der Waals surface area (Å²) in [6, 6.07) is 4.25. The fourth-order valence-corrected chi connectivity index (χ4v) is 8.72. The monoisotopic (exact) mass is 526 g/mol. The van der Waals surface area contributed by atoms with Crippen LogP contribution in [0.3, 0.4) is 0 Å². The molecule has 3 N–H and O–H groups in total. The van der Waals surface area contributed by atoms with Crippen LogP contribution in [0.5, 0.6) is 0 Å². The van der Waals surface area contributed by atoms with Crippen LogP contribution in [-0.4, -0.2) is 32.2 Å². The summed E-state index contributed by atoms with van der Waals surface area (Å²) < 4.78 is 67.4. The van der Waals surface area contributed by atoms with E-state index >= 15 is 0 Å². The van der Waals surface area contributed by atoms with E-state index in [2.05, 4.69) is 5.32 Å². The molecule has 3 unspecified atom stereocenters. The molecule has 0 spiro atoms. The molecule has 198 valence electrons. The zero-order valence-corrected chi connectivity index (χ0v) is 20.7. The Hall–Kier alpha value is -2.14. The van der Waals surface area contributed by atoms with Gasteiger partial charge in [-0.1, -0.05) is 31.4 Å². The molecule has 6 rings (SSSR count). The molecule has 7 nitrogen and oxygen atoms in total. The van der Waals surface area contributed by atoms with Gasteiger partial charge in [0, 0.05) is 22.7 Å². The summed E-state index contributed by atoms with van der Waals surface area (Å²) in [6.45, 7) is 0. The number of carbonyl (C=O) groups is 2. The van der Waals surface area contributed by atoms with Gasteiger partial charge in [-0.25, -0.2) is 0 Å². The number of carbonyl (C=O) groups excluding carboxylic acids is 2. The van der Waals surface area contributed by atoms with Gasteiger partial charge < -0.3 is 15.6 Å². The lowest BCUT2D eigenvalue weighted by Gasteiger charge is -2.59. The first-order chi connectivity index (χ1) is 17.0. The van der Waals surface area contributed by atoms with Gasteiger partial charge in [-0.2, -0.15) is 13.2 Å². The Bertz CT molecular complexity index is 1060. The molecule has 3 atom stereocenters. The fourth-order valence-electron chi connectivity index (χ4n) is 7.85. The van der Waals surface area contributed by atoms with E-state index in [1.807, 2.05) is 0 Å². The van der Waals surface area contributed by atoms with Crippen LogP contribution in [-0.2, 0) is 27.0 Å². The lowest BCUT2D eigenvalue weighted by Crippen LogP contribution is -2.67. The molecule has 4 bridgehead atoms. The SMILES string of the molecule is NC(=O)C12CC3CC(C1)C(NC(=O)C1(N(c4ccccc4C(F)(F)F)S(=O)[O-])CCCCC1)C(C3)C2. The minimum Gasteiger partial charge on any atom is -0.755 e. The van der Waals surface area contributed by atoms with E-state index in [1.54, 1.807) is 0 Å². The van der Waals surface area contributed by atoms with Gasteiger partial charge in [0.05, 0.1) is 11.3 Å². The van der Waals surface area contributed by atoms with Crippen LogP contribution in [0.1, 0.15) is 69.8 Å². The normalized spacial score (nSPS) is 33.7. The van der Waals surface area contributed by atoms with Gasteiger partial charge in [0.15, 0.2) is 0 Å². The van der Waals surface area contributed by atoms with Crippen molar-refractivity contribution in [1.82, 2.24) is 5.32 Å². The van der Waals surface area contributed by atoms with E-state index in [4.69, 9.17) is 5.73 Å². The quantitative estimate of drug-likeness (QED) is 0.549. The smallest absolute Gasteiger partial charge is 0.418 e. The number of nitrogens with one attached hydrogen (secondary N) is 1. The van der Waals surface area contributed by atoms with Crippen LogP contribution < -0.4 is 15.4 Å². The molecule has 5 aliphatic rings. The van der Waals surface area contributed by atoms with Crippen molar-refractivity contribution in [2.45, 2.75) is 82.0 Å². The van der Waals surface area contributed by atoms with Crippen molar-refractivity contribution < 1.29 is 31.5 Å². The summed E-state index contributed by atoms with van der Waals surface area (Å²) in [4.78, 5) is 26.3. The van der Waals surface area contributed by atoms with Crippen molar-refractivity contribution in [3.8, 4) is 0 Å². The summed E-state index contributed by atoms with van der Waals surface area (Å²) >= 11 is -3.12. The fraction of sp³-hybridized carbons (Fsp3) is 0.680. The number of amides is 2. The second kappa shape index (κ2) is 9.01. The lowest BCUT2D eigenvalue weighted by atomic mass is 9.47. The van der Waals surface area contributed by atoms with E-state index in [-0.39, 0.29) is 36.6 Å². The predicted octanol–water partition coefficient (Wildman–Crippen LogP) is 3.81. The van der Waals surface area contributed by atoms with Gasteiger partial charge in [0.25, 0.3) is 0 Å². The van der Waals surface area contributed by atoms with Gasteiger partial charge in [-0.3, -0.25) is 18.1 Å². The number of benzene rings is 1. The highest BCUT2D eigenvalue weighted by Gasteiger charge is 2.59. The third-order valence-electron chi connectivity index (χ3n) is 9.16. The number of alkyl halides is 3. The number of hydrogen-bond donors (Lipinski definition) is 2. The van der Waals surface area contributed by atoms with Crippen LogP contribution in [0.4, 0.5) is 18.9 Å². The maximum Gasteiger partial charge on any atom is 0.418 e. The Morgan fingerprint density at radius 2 is 1.67 bits per heavy atom. The molecule has 0 heterocycles. The Morgan fingerprint density at radius 1 is 1.06 bits per heavy atom. The molecule has 1 aromatic rings. The molecule has 1 aromatic carbocycles. The number of primary amides is 1. The second-order valence-electron chi connectivity index (χ2n) is 11.2. The number of nitrogens with zero attached hydrogens (tertiary/aromatic N) is 1. The first-order valence-electron chi connectivity index (χ1n) is 12.6. The third-order valence-corrected chi connectivity index (χ3v) is 10.0. The van der Waals surface area contributed by atoms with Crippen LogP contribution in [0.25, 0.3) is 0 Å². The molecular weight excluding hydrogens is 495 g/mol. The number of nitrogens with two attached hydrogens (primary N) is 1. The number of hydrogen-bond acceptors (Lipinski definition) is 4. The predicted molar refractivity (Wildman–Crippen MR) is 126 cm³/mol. The van der Waals surface area contributed by atoms with Gasteiger partial charge in [-0.15, -0.1) is 0 Å². The first-order valence-corrected chi connectivity index (χ1v) is 13.7. The van der Waals surface area contributed by atoms with E-state index in [0.717, 1.165) is 37.8 Å². The Morgan fingerprint density at radius 3 is 2.22 bits per heavy atom. The van der Waals surface area contributed by atoms with Crippen molar-refractivity contribution in [3.05, 3.63) is 29.8 Å². The second-order valence-corrected chi connectivity index (χ2v) is 12.0. The molecule has 0 saturated heterocycles. The summed E-state index contributed by atoms with van der Waals surface area (Å²) in [5, 5.41) is 3.10. The van der Waals surface area contributed by atoms with Crippen LogP contribution in [0.15, 0.2) is 24.3 Å². The zero-order chi connectivity index (χ0) is 25.9. The van der Waals surface area contributed by atoms with Crippen LogP contribution in [0.2, 0.25) is 0 Å². The van der Waals surface area contributed by atoms with Gasteiger partial charge in [0.2, 0.25) is 11.8 Å². The van der Waals surface area contributed by atoms with Crippen LogP contribution in [0, 0.1) is 23.2 Å². The minimum atomic E-state index is -4.79. The lowest BCUT2D eigenvalue weighted by molar-refractivity contribution is -0.148. The van der Waals surface area contributed by atoms with Crippen molar-refractivity contribution in [1.29, 1.82) is 0 Å². The third kappa shape index (κ3) is 4.12. The molecule has 2 amide bonds. The van der Waals surface area contributed by atoms with Crippen molar-refractivity contribution >= 4 is 28.8 Å². The average Bonchev–Trinajstić information content (AvgIpc) is 2.81. The van der Waals surface area contributed by atoms with Gasteiger partial charge in [-0.05, 0) is 74.8 Å². The van der Waals surface area contributed by atoms with Crippen molar-refractivity contribution in [3.63, 3.8) is 0 Å². The molecule has 36 heavy (non-hydrogen) atoms. The molecule has 11 heteroatoms. The van der Waals surface area contributed by atoms with Crippen LogP contribution >= 0.6 is 0 Å². The molecule has 5 aliphatic carbocycles. The summed E-state index contributed by atoms with van der Waals surface area (Å²) in [5.74, 6) is -0.388. The molecule has 5 saturated carbocycles. The molecular formula is C25H31F3N3O4S-. The molecule has 0 radical (unpaired) electrons. The van der Waals surface area contributed by atoms with E-state index in [1.165, 1.54) is 12.1 Å². The van der Waals surface area contributed by atoms with Gasteiger partial charge >= 0.3 is 6.18 Å². The number of para-hydroxylation sites is 1. The zero-order valence-electron chi connectivity index (χ0n) is 19.9. The Kier molecular flexibility index (Phi) is 6.38. The average molecular weight is 527 g/mol. The molecule has 5 fully saturated rings. The number of halogens is 3. The summed E-state index contributed by atoms with van der Waals surface area (Å²) in [5.41, 5.74) is 1.95. The standard InChI is InChI=1S/C25H32F3N3O4S/c26-25(27,28)18-6-2-3-7-19(18)31(36(34)35)24(8-4-1-5-9-24)22(33)30-20-16-10-15-11-17(20)14-23(12-15,13-16)21(29)32/h2-3,6-7,15-17,20H,1,4-5,8-14H2,(H2,29,32)(H,30,33)(H,34,35)/p-1. The van der Waals surface area contributed by atoms with Crippen molar-refractivity contribution in [2.75, 3.05) is 4.31 Å². The largest absolute Gasteiger partial charge is 0.755 e. The molecule has 0 aliphatic heterocycles. The van der Waals surface area contributed by atoms with E-state index in [9.17, 15) is 31.5 Å². The van der Waals surface area contributed by atoms with Gasteiger partial charge in [0.1, 0.15) is 5.54 Å². The topological polar surface area (TPSA) is 116 Å². The maximum atomic E-state index is 14.0. The highest BCUT2D eigenvalue weighted by Crippen LogP contribution is 2.60. The van der Waals surface area contributed by atoms with E-state index < -0.39 is 45.6 Å². The highest BCUT2D eigenvalue weighted by atomic mass is 32.2. The number of rotatable bonds is 6. The van der Waals surface area contributed by atoms with E-state index in [0.29, 0.717) is 35.9 Å².